The summed E-state index contributed by atoms with van der Waals surface area (Å²) in [6.45, 7) is 2.34. The maximum absolute atomic E-state index is 13.1. The molecule has 0 heterocycles. The van der Waals surface area contributed by atoms with Gasteiger partial charge in [0.1, 0.15) is 17.3 Å². The summed E-state index contributed by atoms with van der Waals surface area (Å²) in [5, 5.41) is 2.73. The molecule has 2 aromatic carbocycles. The number of ether oxygens (including phenoxy) is 2. The van der Waals surface area contributed by atoms with Crippen LogP contribution in [0.1, 0.15) is 12.5 Å². The van der Waals surface area contributed by atoms with Gasteiger partial charge in [0.25, 0.3) is 0 Å². The minimum atomic E-state index is -0.348. The monoisotopic (exact) mass is 315 g/mol. The molecule has 1 N–H and O–H groups in total. The lowest BCUT2D eigenvalue weighted by molar-refractivity contribution is -0.111. The predicted octanol–water partition coefficient (Wildman–Crippen LogP) is 3.88. The minimum absolute atomic E-state index is 0.344. The summed E-state index contributed by atoms with van der Waals surface area (Å²) in [4.78, 5) is 12.0. The Morgan fingerprint density at radius 2 is 2.09 bits per heavy atom. The second kappa shape index (κ2) is 7.98. The smallest absolute Gasteiger partial charge is 0.248 e. The lowest BCUT2D eigenvalue weighted by Gasteiger charge is -2.12. The highest BCUT2D eigenvalue weighted by atomic mass is 19.1. The van der Waals surface area contributed by atoms with E-state index >= 15 is 0 Å². The van der Waals surface area contributed by atoms with Crippen LogP contribution in [0.25, 0.3) is 6.08 Å². The van der Waals surface area contributed by atoms with Crippen LogP contribution in [0.5, 0.6) is 11.5 Å². The third-order valence-corrected chi connectivity index (χ3v) is 3.02. The zero-order chi connectivity index (χ0) is 16.7. The fourth-order valence-corrected chi connectivity index (χ4v) is 1.97. The Morgan fingerprint density at radius 3 is 2.78 bits per heavy atom. The Bertz CT molecular complexity index is 713. The van der Waals surface area contributed by atoms with Gasteiger partial charge >= 0.3 is 0 Å². The van der Waals surface area contributed by atoms with E-state index in [2.05, 4.69) is 5.32 Å². The number of hydrogen-bond acceptors (Lipinski definition) is 3. The van der Waals surface area contributed by atoms with Gasteiger partial charge in [-0.2, -0.15) is 0 Å². The van der Waals surface area contributed by atoms with E-state index < -0.39 is 0 Å². The highest BCUT2D eigenvalue weighted by molar-refractivity contribution is 6.02. The molecular formula is C18H18FNO3. The van der Waals surface area contributed by atoms with Crippen LogP contribution in [-0.2, 0) is 4.79 Å². The second-order valence-corrected chi connectivity index (χ2v) is 4.67. The van der Waals surface area contributed by atoms with E-state index in [0.717, 1.165) is 0 Å². The molecule has 0 atom stereocenters. The van der Waals surface area contributed by atoms with Crippen molar-refractivity contribution >= 4 is 17.7 Å². The van der Waals surface area contributed by atoms with Gasteiger partial charge in [-0.15, -0.1) is 0 Å². The number of halogens is 1. The van der Waals surface area contributed by atoms with Crippen molar-refractivity contribution in [2.45, 2.75) is 6.92 Å². The summed E-state index contributed by atoms with van der Waals surface area (Å²) in [6, 6.07) is 11.2. The molecule has 0 saturated carbocycles. The summed E-state index contributed by atoms with van der Waals surface area (Å²) >= 11 is 0. The van der Waals surface area contributed by atoms with E-state index in [1.54, 1.807) is 43.5 Å². The molecule has 2 rings (SSSR count). The lowest BCUT2D eigenvalue weighted by atomic mass is 10.2. The van der Waals surface area contributed by atoms with Crippen molar-refractivity contribution < 1.29 is 18.7 Å². The van der Waals surface area contributed by atoms with E-state index in [4.69, 9.17) is 9.47 Å². The van der Waals surface area contributed by atoms with Crippen molar-refractivity contribution in [2.75, 3.05) is 19.0 Å². The number of benzene rings is 2. The SMILES string of the molecule is CCOc1ccc(OC)cc1NC(=O)C=Cc1cccc(F)c1. The highest BCUT2D eigenvalue weighted by Gasteiger charge is 2.08. The zero-order valence-electron chi connectivity index (χ0n) is 13.0. The van der Waals surface area contributed by atoms with Crippen LogP contribution < -0.4 is 14.8 Å². The molecule has 0 aliphatic carbocycles. The number of methoxy groups -OCH3 is 1. The predicted molar refractivity (Wildman–Crippen MR) is 88.2 cm³/mol. The first-order chi connectivity index (χ1) is 11.1. The number of anilines is 1. The Balaban J connectivity index is 2.12. The fourth-order valence-electron chi connectivity index (χ4n) is 1.97. The number of hydrogen-bond donors (Lipinski definition) is 1. The Morgan fingerprint density at radius 1 is 1.26 bits per heavy atom. The number of carbonyl (C=O) groups excluding carboxylic acids is 1. The van der Waals surface area contributed by atoms with Gasteiger partial charge in [0, 0.05) is 12.1 Å². The molecule has 2 aromatic rings. The maximum Gasteiger partial charge on any atom is 0.248 e. The van der Waals surface area contributed by atoms with Crippen LogP contribution in [-0.4, -0.2) is 19.6 Å². The highest BCUT2D eigenvalue weighted by Crippen LogP contribution is 2.29. The van der Waals surface area contributed by atoms with Gasteiger partial charge in [-0.05, 0) is 42.8 Å². The maximum atomic E-state index is 13.1. The van der Waals surface area contributed by atoms with E-state index in [9.17, 15) is 9.18 Å². The normalized spacial score (nSPS) is 10.6. The first kappa shape index (κ1) is 16.5. The van der Waals surface area contributed by atoms with Crippen LogP contribution in [0.15, 0.2) is 48.5 Å². The molecule has 0 fully saturated rings. The summed E-state index contributed by atoms with van der Waals surface area (Å²) in [5.41, 5.74) is 1.12. The molecule has 5 heteroatoms. The average Bonchev–Trinajstić information content (AvgIpc) is 2.55. The van der Waals surface area contributed by atoms with Crippen LogP contribution in [0.3, 0.4) is 0 Å². The van der Waals surface area contributed by atoms with Crippen LogP contribution >= 0.6 is 0 Å². The minimum Gasteiger partial charge on any atom is -0.497 e. The summed E-state index contributed by atoms with van der Waals surface area (Å²) in [7, 11) is 1.55. The first-order valence-corrected chi connectivity index (χ1v) is 7.18. The third kappa shape index (κ3) is 4.85. The van der Waals surface area contributed by atoms with E-state index in [1.165, 1.54) is 18.2 Å². The van der Waals surface area contributed by atoms with Gasteiger partial charge in [0.2, 0.25) is 5.91 Å². The van der Waals surface area contributed by atoms with E-state index in [1.807, 2.05) is 6.92 Å². The lowest BCUT2D eigenvalue weighted by Crippen LogP contribution is -2.09. The second-order valence-electron chi connectivity index (χ2n) is 4.67. The summed E-state index contributed by atoms with van der Waals surface area (Å²) in [6.07, 6.45) is 2.88. The summed E-state index contributed by atoms with van der Waals surface area (Å²) in [5.74, 6) is 0.473. The average molecular weight is 315 g/mol. The number of rotatable bonds is 6. The molecule has 4 nitrogen and oxygen atoms in total. The van der Waals surface area contributed by atoms with Crippen LogP contribution in [0, 0.1) is 5.82 Å². The van der Waals surface area contributed by atoms with Crippen LogP contribution in [0.2, 0.25) is 0 Å². The van der Waals surface area contributed by atoms with Crippen molar-refractivity contribution in [1.29, 1.82) is 0 Å². The fraction of sp³-hybridized carbons (Fsp3) is 0.167. The van der Waals surface area contributed by atoms with Gasteiger partial charge in [-0.3, -0.25) is 4.79 Å². The van der Waals surface area contributed by atoms with Crippen LogP contribution in [0.4, 0.5) is 10.1 Å². The Hall–Kier alpha value is -2.82. The number of nitrogens with one attached hydrogen (secondary N) is 1. The van der Waals surface area contributed by atoms with Gasteiger partial charge < -0.3 is 14.8 Å². The van der Waals surface area contributed by atoms with Gasteiger partial charge in [0.15, 0.2) is 0 Å². The Kier molecular flexibility index (Phi) is 5.74. The topological polar surface area (TPSA) is 47.6 Å². The molecule has 0 unspecified atom stereocenters. The number of amides is 1. The summed E-state index contributed by atoms with van der Waals surface area (Å²) < 4.78 is 23.7. The van der Waals surface area contributed by atoms with E-state index in [-0.39, 0.29) is 11.7 Å². The zero-order valence-corrected chi connectivity index (χ0v) is 13.0. The molecule has 0 radical (unpaired) electrons. The van der Waals surface area contributed by atoms with Crippen molar-refractivity contribution in [3.63, 3.8) is 0 Å². The van der Waals surface area contributed by atoms with Crippen molar-refractivity contribution in [3.8, 4) is 11.5 Å². The number of carbonyl (C=O) groups is 1. The molecule has 120 valence electrons. The van der Waals surface area contributed by atoms with Gasteiger partial charge in [-0.1, -0.05) is 12.1 Å². The molecule has 0 aliphatic heterocycles. The Labute approximate surface area is 134 Å². The molecule has 0 saturated heterocycles. The molecular weight excluding hydrogens is 297 g/mol. The van der Waals surface area contributed by atoms with E-state index in [0.29, 0.717) is 29.4 Å². The standard InChI is InChI=1S/C18H18FNO3/c1-3-23-17-9-8-15(22-2)12-16(17)20-18(21)10-7-13-5-4-6-14(19)11-13/h4-12H,3H2,1-2H3,(H,20,21). The molecule has 23 heavy (non-hydrogen) atoms. The van der Waals surface area contributed by atoms with Crippen molar-refractivity contribution in [2.24, 2.45) is 0 Å². The molecule has 0 spiro atoms. The molecule has 0 aliphatic rings. The molecule has 0 aromatic heterocycles. The van der Waals surface area contributed by atoms with Crippen molar-refractivity contribution in [1.82, 2.24) is 0 Å². The van der Waals surface area contributed by atoms with Crippen molar-refractivity contribution in [3.05, 3.63) is 59.9 Å². The van der Waals surface area contributed by atoms with Gasteiger partial charge in [-0.25, -0.2) is 4.39 Å². The quantitative estimate of drug-likeness (QED) is 0.823. The third-order valence-electron chi connectivity index (χ3n) is 3.02. The van der Waals surface area contributed by atoms with Gasteiger partial charge in [0.05, 0.1) is 19.4 Å². The molecule has 1 amide bonds. The first-order valence-electron chi connectivity index (χ1n) is 7.18. The largest absolute Gasteiger partial charge is 0.497 e. The molecule has 0 bridgehead atoms.